The molecule has 4 aliphatic rings. The summed E-state index contributed by atoms with van der Waals surface area (Å²) in [5.74, 6) is -5.00. The van der Waals surface area contributed by atoms with Crippen LogP contribution in [0.4, 0.5) is 4.39 Å². The van der Waals surface area contributed by atoms with Gasteiger partial charge in [-0.15, -0.1) is 0 Å². The second-order valence-corrected chi connectivity index (χ2v) is 21.0. The molecule has 422 valence electrons. The number of nitrogens with two attached hydrogens (primary N) is 1. The van der Waals surface area contributed by atoms with Gasteiger partial charge < -0.3 is 61.7 Å². The van der Waals surface area contributed by atoms with E-state index in [1.165, 1.54) is 10.6 Å². The van der Waals surface area contributed by atoms with Gasteiger partial charge >= 0.3 is 5.97 Å². The van der Waals surface area contributed by atoms with Gasteiger partial charge in [0.05, 0.1) is 60.6 Å². The van der Waals surface area contributed by atoms with E-state index in [0.29, 0.717) is 89.7 Å². The zero-order chi connectivity index (χ0) is 56.8. The zero-order valence-corrected chi connectivity index (χ0v) is 44.9. The molecule has 0 radical (unpaired) electrons. The quantitative estimate of drug-likeness (QED) is 0.0246. The van der Waals surface area contributed by atoms with Crippen molar-refractivity contribution in [3.63, 3.8) is 0 Å². The first kappa shape index (κ1) is 57.5. The lowest BCUT2D eigenvalue weighted by Gasteiger charge is -2.31. The molecule has 5 atom stereocenters. The number of fused-ring (bicyclic) bond motifs is 5. The second-order valence-electron chi connectivity index (χ2n) is 21.0. The summed E-state index contributed by atoms with van der Waals surface area (Å²) in [6.45, 7) is 5.89. The number of unbranched alkanes of at least 4 members (excludes halogenated alkanes) is 2. The lowest BCUT2D eigenvalue weighted by Crippen LogP contribution is -2.52. The number of pyridine rings is 2. The topological polar surface area (TPSA) is 312 Å². The van der Waals surface area contributed by atoms with E-state index in [1.54, 1.807) is 50.2 Å². The third-order valence-corrected chi connectivity index (χ3v) is 15.8. The van der Waals surface area contributed by atoms with Gasteiger partial charge in [-0.2, -0.15) is 0 Å². The van der Waals surface area contributed by atoms with Crippen LogP contribution in [0.15, 0.2) is 47.3 Å². The molecule has 1 fully saturated rings. The van der Waals surface area contributed by atoms with Gasteiger partial charge in [0.25, 0.3) is 5.56 Å². The Labute approximate surface area is 455 Å². The van der Waals surface area contributed by atoms with Crippen molar-refractivity contribution in [2.45, 2.75) is 128 Å². The number of likely N-dealkylation sites (tertiary alicyclic amines) is 1. The lowest BCUT2D eigenvalue weighted by molar-refractivity contribution is -0.172. The van der Waals surface area contributed by atoms with Crippen molar-refractivity contribution in [2.75, 3.05) is 46.1 Å². The van der Waals surface area contributed by atoms with E-state index in [2.05, 4.69) is 31.9 Å². The molecule has 0 spiro atoms. The average Bonchev–Trinajstić information content (AvgIpc) is 4.03. The maximum atomic E-state index is 15.4. The van der Waals surface area contributed by atoms with Crippen molar-refractivity contribution in [2.24, 2.45) is 11.7 Å². The molecule has 4 aromatic rings. The van der Waals surface area contributed by atoms with E-state index in [4.69, 9.17) is 20.2 Å². The number of halogens is 1. The van der Waals surface area contributed by atoms with Crippen molar-refractivity contribution in [3.8, 4) is 11.4 Å². The molecule has 3 aliphatic heterocycles. The summed E-state index contributed by atoms with van der Waals surface area (Å²) in [4.78, 5) is 124. The normalized spacial score (nSPS) is 19.1. The first-order chi connectivity index (χ1) is 37.7. The van der Waals surface area contributed by atoms with Crippen LogP contribution in [0, 0.1) is 18.7 Å². The van der Waals surface area contributed by atoms with Crippen LogP contribution >= 0.6 is 0 Å². The van der Waals surface area contributed by atoms with Gasteiger partial charge in [0.1, 0.15) is 31.8 Å². The second kappa shape index (κ2) is 24.6. The number of hydrogen-bond acceptors (Lipinski definition) is 14. The van der Waals surface area contributed by atoms with Gasteiger partial charge in [-0.25, -0.2) is 14.2 Å². The minimum Gasteiger partial charge on any atom is -0.458 e. The monoisotopic (exact) mass is 1090 g/mol. The Balaban J connectivity index is 0.783. The SMILES string of the molecule is CCC(C)(N)C1CCN(CCCCCC(=O)NCC(=O)NCC(=O)N[C@@H](Cc2ccccc2)C(=O)NCC(=O)NCOCC(=O)N[C@H]2CCc3c(C)c(F)cc4nc5c(c2c34)Cn2c-5cc3c(c2=O)COC(=O)[C@]3(O)CC)C1=O. The zero-order valence-electron chi connectivity index (χ0n) is 44.9. The molecule has 2 aromatic carbocycles. The van der Waals surface area contributed by atoms with Crippen LogP contribution in [0.3, 0.4) is 0 Å². The number of rotatable bonds is 24. The minimum absolute atomic E-state index is 0.0472. The molecule has 22 nitrogen and oxygen atoms in total. The molecule has 1 aliphatic carbocycles. The van der Waals surface area contributed by atoms with Gasteiger partial charge in [0.2, 0.25) is 41.4 Å². The summed E-state index contributed by atoms with van der Waals surface area (Å²) in [6, 6.07) is 9.92. The smallest absolute Gasteiger partial charge is 0.343 e. The summed E-state index contributed by atoms with van der Waals surface area (Å²) in [5, 5.41) is 27.6. The van der Waals surface area contributed by atoms with Crippen LogP contribution in [0.1, 0.15) is 117 Å². The summed E-state index contributed by atoms with van der Waals surface area (Å²) >= 11 is 0. The molecule has 5 heterocycles. The Kier molecular flexibility index (Phi) is 17.9. The Morgan fingerprint density at radius 3 is 2.38 bits per heavy atom. The third kappa shape index (κ3) is 12.6. The van der Waals surface area contributed by atoms with Gasteiger partial charge in [0.15, 0.2) is 5.60 Å². The number of carbonyl (C=O) groups is 8. The number of benzene rings is 2. The third-order valence-electron chi connectivity index (χ3n) is 15.8. The van der Waals surface area contributed by atoms with E-state index in [-0.39, 0.29) is 67.8 Å². The van der Waals surface area contributed by atoms with E-state index in [9.17, 15) is 48.3 Å². The largest absolute Gasteiger partial charge is 0.458 e. The Hall–Kier alpha value is -7.63. The van der Waals surface area contributed by atoms with Crippen LogP contribution in [0.25, 0.3) is 22.3 Å². The van der Waals surface area contributed by atoms with Crippen LogP contribution in [0.2, 0.25) is 0 Å². The Bertz CT molecular complexity index is 3130. The number of cyclic esters (lactones) is 1. The van der Waals surface area contributed by atoms with Crippen LogP contribution < -0.4 is 43.2 Å². The Morgan fingerprint density at radius 2 is 1.63 bits per heavy atom. The highest BCUT2D eigenvalue weighted by Gasteiger charge is 2.46. The number of ether oxygens (including phenoxy) is 2. The number of hydrogen-bond donors (Lipinski definition) is 8. The molecule has 0 bridgehead atoms. The molecule has 23 heteroatoms. The highest BCUT2D eigenvalue weighted by Crippen LogP contribution is 2.46. The van der Waals surface area contributed by atoms with E-state index >= 15 is 4.39 Å². The molecule has 1 saturated heterocycles. The highest BCUT2D eigenvalue weighted by molar-refractivity contribution is 5.95. The number of esters is 1. The van der Waals surface area contributed by atoms with Crippen molar-refractivity contribution in [1.29, 1.82) is 0 Å². The number of nitrogens with zero attached hydrogens (tertiary/aromatic N) is 3. The van der Waals surface area contributed by atoms with Crippen LogP contribution in [-0.4, -0.2) is 125 Å². The van der Waals surface area contributed by atoms with Crippen molar-refractivity contribution >= 4 is 58.2 Å². The van der Waals surface area contributed by atoms with Crippen LogP contribution in [-0.2, 0) is 79.4 Å². The predicted molar refractivity (Wildman–Crippen MR) is 285 cm³/mol. The lowest BCUT2D eigenvalue weighted by atomic mass is 9.81. The number of aryl methyl sites for hydroxylation is 1. The standard InChI is InChI=1S/C56H69FN10O12/c1-5-55(4,58)36-18-20-66(53(36)75)19-12-8-11-15-43(68)59-24-44(69)60-26-46(71)64-41(21-32-13-9-7-10-14-32)51(73)61-25-45(70)62-30-78-29-47(72)63-39-17-16-33-31(3)38(57)23-40-48(33)49(39)34-27-67-42(50(34)65-40)22-37-35(52(67)74)28-79-54(76)56(37,77)6-2/h7,9-10,13-14,22-23,36,39,41,77H,5-6,8,11-12,15-21,24-30,58H2,1-4H3,(H,59,68)(H,60,69)(H,61,73)(H,62,70)(H,63,72)(H,64,71)/t36?,39-,41-,55?,56-/m0/s1. The molecule has 2 aromatic heterocycles. The maximum absolute atomic E-state index is 15.4. The summed E-state index contributed by atoms with van der Waals surface area (Å²) < 4.78 is 27.6. The molecule has 2 unspecified atom stereocenters. The first-order valence-electron chi connectivity index (χ1n) is 26.9. The molecular weight excluding hydrogens is 1020 g/mol. The average molecular weight is 1090 g/mol. The van der Waals surface area contributed by atoms with E-state index in [1.807, 2.05) is 18.7 Å². The van der Waals surface area contributed by atoms with Crippen molar-refractivity contribution in [1.82, 2.24) is 46.4 Å². The molecular formula is C56H69FN10O12. The maximum Gasteiger partial charge on any atom is 0.343 e. The highest BCUT2D eigenvalue weighted by atomic mass is 19.1. The minimum atomic E-state index is -2.05. The molecule has 0 saturated carbocycles. The number of aliphatic hydroxyl groups is 1. The fourth-order valence-corrected chi connectivity index (χ4v) is 11.0. The van der Waals surface area contributed by atoms with Gasteiger partial charge in [-0.1, -0.05) is 50.6 Å². The molecule has 7 amide bonds. The number of carbonyl (C=O) groups excluding carboxylic acids is 8. The summed E-state index contributed by atoms with van der Waals surface area (Å²) in [5.41, 5.74) is 7.69. The van der Waals surface area contributed by atoms with Crippen molar-refractivity contribution in [3.05, 3.63) is 97.6 Å². The van der Waals surface area contributed by atoms with Gasteiger partial charge in [0, 0.05) is 54.0 Å². The Morgan fingerprint density at radius 1 is 0.911 bits per heavy atom. The summed E-state index contributed by atoms with van der Waals surface area (Å²) in [6.07, 6.45) is 4.42. The number of amides is 7. The van der Waals surface area contributed by atoms with Gasteiger partial charge in [-0.05, 0) is 87.1 Å². The number of nitrogens with one attached hydrogen (secondary N) is 6. The van der Waals surface area contributed by atoms with Crippen LogP contribution in [0.5, 0.6) is 0 Å². The number of aromatic nitrogens is 2. The van der Waals surface area contributed by atoms with Crippen molar-refractivity contribution < 1.29 is 57.3 Å². The van der Waals surface area contributed by atoms with Gasteiger partial charge in [-0.3, -0.25) is 38.4 Å². The van der Waals surface area contributed by atoms with E-state index < -0.39 is 96.5 Å². The molecule has 8 rings (SSSR count). The molecule has 79 heavy (non-hydrogen) atoms. The fourth-order valence-electron chi connectivity index (χ4n) is 11.0. The van der Waals surface area contributed by atoms with E-state index in [0.717, 1.165) is 18.4 Å². The first-order valence-corrected chi connectivity index (χ1v) is 26.9. The fraction of sp³-hybridized carbons (Fsp3) is 0.500. The predicted octanol–water partition coefficient (Wildman–Crippen LogP) is 1.33. The summed E-state index contributed by atoms with van der Waals surface area (Å²) in [7, 11) is 0. The molecule has 9 N–H and O–H groups in total.